The van der Waals surface area contributed by atoms with E-state index in [1.54, 1.807) is 12.3 Å². The molecule has 150 valence electrons. The van der Waals surface area contributed by atoms with Crippen molar-refractivity contribution < 1.29 is 9.21 Å². The van der Waals surface area contributed by atoms with Gasteiger partial charge >= 0.3 is 0 Å². The summed E-state index contributed by atoms with van der Waals surface area (Å²) in [5, 5.41) is 1.72. The molecule has 1 atom stereocenters. The maximum absolute atomic E-state index is 13.2. The minimum atomic E-state index is -0.175. The number of fused-ring (bicyclic) bond motifs is 1. The van der Waals surface area contributed by atoms with E-state index < -0.39 is 0 Å². The van der Waals surface area contributed by atoms with Crippen LogP contribution in [0.1, 0.15) is 46.6 Å². The molecule has 0 unspecified atom stereocenters. The Bertz CT molecular complexity index is 1220. The van der Waals surface area contributed by atoms with E-state index >= 15 is 0 Å². The van der Waals surface area contributed by atoms with Crippen molar-refractivity contribution >= 4 is 28.4 Å². The van der Waals surface area contributed by atoms with Crippen LogP contribution in [0, 0.1) is 0 Å². The first-order valence-corrected chi connectivity index (χ1v) is 10.4. The number of hydrogen-bond donors (Lipinski definition) is 0. The van der Waals surface area contributed by atoms with Gasteiger partial charge in [0, 0.05) is 23.4 Å². The number of aromatic nitrogens is 2. The van der Waals surface area contributed by atoms with Gasteiger partial charge in [0.1, 0.15) is 17.5 Å². The Hall–Kier alpha value is -3.18. The Balaban J connectivity index is 1.37. The summed E-state index contributed by atoms with van der Waals surface area (Å²) in [5.41, 5.74) is 2.25. The minimum absolute atomic E-state index is 0.0888. The van der Waals surface area contributed by atoms with Crippen LogP contribution in [0.4, 0.5) is 0 Å². The van der Waals surface area contributed by atoms with Crippen LogP contribution in [0.3, 0.4) is 0 Å². The van der Waals surface area contributed by atoms with Crippen LogP contribution in [0.15, 0.2) is 71.3 Å². The number of carbonyl (C=O) groups excluding carboxylic acids is 1. The van der Waals surface area contributed by atoms with E-state index in [9.17, 15) is 4.79 Å². The lowest BCUT2D eigenvalue weighted by Crippen LogP contribution is -2.31. The van der Waals surface area contributed by atoms with Crippen molar-refractivity contribution in [2.45, 2.75) is 25.3 Å². The number of para-hydroxylation sites is 1. The molecule has 6 heteroatoms. The molecule has 1 aliphatic rings. The van der Waals surface area contributed by atoms with Gasteiger partial charge in [0.25, 0.3) is 5.91 Å². The topological polar surface area (TPSA) is 59.2 Å². The molecule has 0 bridgehead atoms. The molecule has 4 aromatic rings. The zero-order chi connectivity index (χ0) is 20.5. The second-order valence-corrected chi connectivity index (χ2v) is 7.89. The number of nitrogens with zero attached hydrogens (tertiary/aromatic N) is 3. The van der Waals surface area contributed by atoms with Crippen LogP contribution in [0.25, 0.3) is 10.9 Å². The highest BCUT2D eigenvalue weighted by molar-refractivity contribution is 6.31. The lowest BCUT2D eigenvalue weighted by Gasteiger charge is -2.22. The normalized spacial score (nSPS) is 16.3. The zero-order valence-corrected chi connectivity index (χ0v) is 17.0. The van der Waals surface area contributed by atoms with E-state index in [-0.39, 0.29) is 11.9 Å². The number of hydrogen-bond acceptors (Lipinski definition) is 4. The van der Waals surface area contributed by atoms with Crippen LogP contribution < -0.4 is 0 Å². The lowest BCUT2D eigenvalue weighted by atomic mass is 10.1. The number of benzene rings is 2. The van der Waals surface area contributed by atoms with Gasteiger partial charge in [0.05, 0.1) is 11.7 Å². The molecule has 1 aliphatic heterocycles. The predicted molar refractivity (Wildman–Crippen MR) is 116 cm³/mol. The van der Waals surface area contributed by atoms with Gasteiger partial charge < -0.3 is 9.32 Å². The molecule has 1 saturated heterocycles. The number of amides is 1. The van der Waals surface area contributed by atoms with Crippen molar-refractivity contribution in [1.29, 1.82) is 0 Å². The van der Waals surface area contributed by atoms with E-state index in [4.69, 9.17) is 16.0 Å². The number of oxazole rings is 1. The molecule has 30 heavy (non-hydrogen) atoms. The van der Waals surface area contributed by atoms with E-state index in [0.717, 1.165) is 35.1 Å². The molecule has 0 saturated carbocycles. The molecule has 0 N–H and O–H groups in total. The standard InChI is InChI=1S/C24H20ClN3O2/c25-19-8-3-1-7-17(19)14-18-15-26-23(30-18)22-10-5-13-28(22)24(29)21-12-11-16-6-2-4-9-20(16)27-21/h1-4,6-9,11-12,15,22H,5,10,13-14H2/t22-/m1/s1. The monoisotopic (exact) mass is 417 g/mol. The Kier molecular flexibility index (Phi) is 4.97. The molecule has 0 radical (unpaired) electrons. The molecule has 2 aromatic heterocycles. The van der Waals surface area contributed by atoms with Crippen molar-refractivity contribution in [2.24, 2.45) is 0 Å². The van der Waals surface area contributed by atoms with Crippen molar-refractivity contribution in [3.63, 3.8) is 0 Å². The number of rotatable bonds is 4. The lowest BCUT2D eigenvalue weighted by molar-refractivity contribution is 0.0709. The van der Waals surface area contributed by atoms with Crippen molar-refractivity contribution in [3.05, 3.63) is 94.8 Å². The molecule has 1 amide bonds. The van der Waals surface area contributed by atoms with Crippen molar-refractivity contribution in [3.8, 4) is 0 Å². The van der Waals surface area contributed by atoms with Crippen molar-refractivity contribution in [2.75, 3.05) is 6.54 Å². The summed E-state index contributed by atoms with van der Waals surface area (Å²) in [4.78, 5) is 24.1. The van der Waals surface area contributed by atoms with Gasteiger partial charge in [-0.1, -0.05) is 54.1 Å². The van der Waals surface area contributed by atoms with Gasteiger partial charge in [0.15, 0.2) is 0 Å². The Morgan fingerprint density at radius 1 is 1.10 bits per heavy atom. The van der Waals surface area contributed by atoms with Gasteiger partial charge in [-0.15, -0.1) is 0 Å². The molecule has 1 fully saturated rings. The van der Waals surface area contributed by atoms with Gasteiger partial charge in [-0.05, 0) is 36.6 Å². The summed E-state index contributed by atoms with van der Waals surface area (Å²) in [5.74, 6) is 1.22. The fourth-order valence-electron chi connectivity index (χ4n) is 3.99. The number of pyridine rings is 1. The SMILES string of the molecule is O=C(c1ccc2ccccc2n1)N1CCC[C@@H]1c1ncc(Cc2ccccc2Cl)o1. The largest absolute Gasteiger partial charge is 0.443 e. The van der Waals surface area contributed by atoms with Crippen LogP contribution in [0.5, 0.6) is 0 Å². The number of likely N-dealkylation sites (tertiary alicyclic amines) is 1. The highest BCUT2D eigenvalue weighted by atomic mass is 35.5. The van der Waals surface area contributed by atoms with Gasteiger partial charge in [0.2, 0.25) is 5.89 Å². The number of carbonyl (C=O) groups is 1. The Morgan fingerprint density at radius 3 is 2.83 bits per heavy atom. The quantitative estimate of drug-likeness (QED) is 0.443. The third kappa shape index (κ3) is 3.57. The highest BCUT2D eigenvalue weighted by Gasteiger charge is 2.34. The van der Waals surface area contributed by atoms with Gasteiger partial charge in [-0.25, -0.2) is 9.97 Å². The maximum atomic E-state index is 13.2. The average Bonchev–Trinajstić information content (AvgIpc) is 3.44. The second-order valence-electron chi connectivity index (χ2n) is 7.48. The van der Waals surface area contributed by atoms with E-state index in [0.29, 0.717) is 29.6 Å². The molecule has 2 aromatic carbocycles. The van der Waals surface area contributed by atoms with Crippen LogP contribution in [-0.4, -0.2) is 27.3 Å². The summed E-state index contributed by atoms with van der Waals surface area (Å²) in [6.45, 7) is 0.667. The highest BCUT2D eigenvalue weighted by Crippen LogP contribution is 2.33. The molecule has 3 heterocycles. The van der Waals surface area contributed by atoms with Crippen LogP contribution in [-0.2, 0) is 6.42 Å². The summed E-state index contributed by atoms with van der Waals surface area (Å²) in [6.07, 6.45) is 4.03. The summed E-state index contributed by atoms with van der Waals surface area (Å²) in [6, 6.07) is 19.0. The van der Waals surface area contributed by atoms with E-state index in [2.05, 4.69) is 9.97 Å². The predicted octanol–water partition coefficient (Wildman–Crippen LogP) is 5.44. The summed E-state index contributed by atoms with van der Waals surface area (Å²) >= 11 is 6.26. The third-order valence-electron chi connectivity index (χ3n) is 5.51. The Labute approximate surface area is 179 Å². The smallest absolute Gasteiger partial charge is 0.273 e. The zero-order valence-electron chi connectivity index (χ0n) is 16.3. The van der Waals surface area contributed by atoms with E-state index in [1.165, 1.54) is 0 Å². The molecular formula is C24H20ClN3O2. The fourth-order valence-corrected chi connectivity index (χ4v) is 4.19. The molecular weight excluding hydrogens is 398 g/mol. The molecule has 5 rings (SSSR count). The molecule has 0 aliphatic carbocycles. The fraction of sp³-hybridized carbons (Fsp3) is 0.208. The first-order valence-electron chi connectivity index (χ1n) is 10.0. The molecule has 0 spiro atoms. The maximum Gasteiger partial charge on any atom is 0.273 e. The van der Waals surface area contributed by atoms with Crippen LogP contribution >= 0.6 is 11.6 Å². The summed E-state index contributed by atoms with van der Waals surface area (Å²) in [7, 11) is 0. The minimum Gasteiger partial charge on any atom is -0.443 e. The first-order chi connectivity index (χ1) is 14.7. The Morgan fingerprint density at radius 2 is 1.93 bits per heavy atom. The van der Waals surface area contributed by atoms with E-state index in [1.807, 2.05) is 59.5 Å². The second kappa shape index (κ2) is 7.92. The molecule has 5 nitrogen and oxygen atoms in total. The first kappa shape index (κ1) is 18.8. The van der Waals surface area contributed by atoms with Crippen LogP contribution in [0.2, 0.25) is 5.02 Å². The van der Waals surface area contributed by atoms with Gasteiger partial charge in [-0.3, -0.25) is 4.79 Å². The average molecular weight is 418 g/mol. The van der Waals surface area contributed by atoms with Gasteiger partial charge in [-0.2, -0.15) is 0 Å². The third-order valence-corrected chi connectivity index (χ3v) is 5.88. The number of halogens is 1. The van der Waals surface area contributed by atoms with Crippen molar-refractivity contribution in [1.82, 2.24) is 14.9 Å². The summed E-state index contributed by atoms with van der Waals surface area (Å²) < 4.78 is 6.03.